The topological polar surface area (TPSA) is 48.7 Å². The minimum absolute atomic E-state index is 0.542. The fourth-order valence-corrected chi connectivity index (χ4v) is 4.62. The summed E-state index contributed by atoms with van der Waals surface area (Å²) in [4.78, 5) is 10.1. The molecule has 2 aliphatic heterocycles. The quantitative estimate of drug-likeness (QED) is 0.605. The van der Waals surface area contributed by atoms with E-state index in [2.05, 4.69) is 63.7 Å². The first kappa shape index (κ1) is 20.0. The third kappa shape index (κ3) is 4.99. The van der Waals surface area contributed by atoms with Crippen molar-refractivity contribution in [3.05, 3.63) is 53.9 Å². The molecule has 1 aromatic carbocycles. The molecule has 1 aromatic heterocycles. The number of rotatable bonds is 6. The van der Waals surface area contributed by atoms with Crippen LogP contribution in [0.3, 0.4) is 0 Å². The Bertz CT molecular complexity index is 799. The zero-order valence-corrected chi connectivity index (χ0v) is 17.8. The van der Waals surface area contributed by atoms with Crippen LogP contribution in [0.2, 0.25) is 0 Å². The molecule has 1 N–H and O–H groups in total. The highest BCUT2D eigenvalue weighted by atomic mass is 15.3. The molecule has 2 atom stereocenters. The van der Waals surface area contributed by atoms with Gasteiger partial charge >= 0.3 is 0 Å². The molecule has 0 spiro atoms. The average Bonchev–Trinajstić information content (AvgIpc) is 3.47. The molecule has 156 valence electrons. The third-order valence-corrected chi connectivity index (χ3v) is 6.20. The molecular weight excluding hydrogens is 360 g/mol. The van der Waals surface area contributed by atoms with E-state index in [0.29, 0.717) is 12.0 Å². The molecule has 2 unspecified atom stereocenters. The van der Waals surface area contributed by atoms with E-state index in [0.717, 1.165) is 38.7 Å². The molecule has 0 aliphatic carbocycles. The van der Waals surface area contributed by atoms with E-state index < -0.39 is 0 Å². The maximum atomic E-state index is 5.07. The number of aromatic nitrogens is 2. The second-order valence-corrected chi connectivity index (χ2v) is 8.33. The SMILES string of the molecule is CCNC(=NCC1CCCN1Cc1ccccc1)N1CCC(c2cnn(C)c2)C1. The zero-order valence-electron chi connectivity index (χ0n) is 17.8. The Morgan fingerprint density at radius 3 is 2.83 bits per heavy atom. The minimum atomic E-state index is 0.542. The number of aliphatic imine (C=N–C) groups is 1. The molecule has 2 fully saturated rings. The highest BCUT2D eigenvalue weighted by Gasteiger charge is 2.28. The molecule has 0 amide bonds. The second kappa shape index (κ2) is 9.44. The van der Waals surface area contributed by atoms with E-state index >= 15 is 0 Å². The van der Waals surface area contributed by atoms with Gasteiger partial charge in [-0.25, -0.2) is 0 Å². The molecule has 2 aromatic rings. The fraction of sp³-hybridized carbons (Fsp3) is 0.565. The molecule has 0 saturated carbocycles. The van der Waals surface area contributed by atoms with Gasteiger partial charge in [0.25, 0.3) is 0 Å². The maximum Gasteiger partial charge on any atom is 0.193 e. The number of hydrogen-bond donors (Lipinski definition) is 1. The van der Waals surface area contributed by atoms with Crippen LogP contribution in [0.4, 0.5) is 0 Å². The van der Waals surface area contributed by atoms with Crippen molar-refractivity contribution in [2.45, 2.75) is 44.7 Å². The summed E-state index contributed by atoms with van der Waals surface area (Å²) in [7, 11) is 1.99. The number of nitrogens with one attached hydrogen (secondary N) is 1. The van der Waals surface area contributed by atoms with Gasteiger partial charge in [0.2, 0.25) is 0 Å². The standard InChI is InChI=1S/C23H34N6/c1-3-24-23(29-13-11-20(18-29)21-14-26-27(2)17-21)25-15-22-10-7-12-28(22)16-19-8-5-4-6-9-19/h4-6,8-9,14,17,20,22H,3,7,10-13,15-16,18H2,1-2H3,(H,24,25). The monoisotopic (exact) mass is 394 g/mol. The molecular formula is C23H34N6. The predicted molar refractivity (Wildman–Crippen MR) is 118 cm³/mol. The first-order chi connectivity index (χ1) is 14.2. The lowest BCUT2D eigenvalue weighted by Crippen LogP contribution is -2.41. The molecule has 3 heterocycles. The van der Waals surface area contributed by atoms with Crippen LogP contribution in [0.15, 0.2) is 47.7 Å². The van der Waals surface area contributed by atoms with Crippen LogP contribution in [0.1, 0.15) is 43.2 Å². The number of likely N-dealkylation sites (tertiary alicyclic amines) is 2. The summed E-state index contributed by atoms with van der Waals surface area (Å²) in [5, 5.41) is 7.87. The summed E-state index contributed by atoms with van der Waals surface area (Å²) in [5.74, 6) is 1.62. The van der Waals surface area contributed by atoms with Gasteiger partial charge in [-0.15, -0.1) is 0 Å². The van der Waals surface area contributed by atoms with Crippen LogP contribution in [-0.2, 0) is 13.6 Å². The van der Waals surface area contributed by atoms with Crippen LogP contribution in [0.5, 0.6) is 0 Å². The molecule has 0 radical (unpaired) electrons. The number of aryl methyl sites for hydroxylation is 1. The van der Waals surface area contributed by atoms with E-state index in [-0.39, 0.29) is 0 Å². The van der Waals surface area contributed by atoms with Crippen LogP contribution < -0.4 is 5.32 Å². The summed E-state index contributed by atoms with van der Waals surface area (Å²) < 4.78 is 1.90. The van der Waals surface area contributed by atoms with Gasteiger partial charge in [-0.1, -0.05) is 30.3 Å². The first-order valence-corrected chi connectivity index (χ1v) is 11.0. The molecule has 29 heavy (non-hydrogen) atoms. The third-order valence-electron chi connectivity index (χ3n) is 6.20. The van der Waals surface area contributed by atoms with Gasteiger partial charge in [-0.05, 0) is 43.9 Å². The van der Waals surface area contributed by atoms with Gasteiger partial charge in [0.15, 0.2) is 5.96 Å². The summed E-state index contributed by atoms with van der Waals surface area (Å²) in [6.07, 6.45) is 7.85. The lowest BCUT2D eigenvalue weighted by atomic mass is 10.0. The van der Waals surface area contributed by atoms with E-state index in [1.807, 2.05) is 17.9 Å². The highest BCUT2D eigenvalue weighted by molar-refractivity contribution is 5.80. The van der Waals surface area contributed by atoms with Gasteiger partial charge in [0.05, 0.1) is 12.7 Å². The Morgan fingerprint density at radius 2 is 2.07 bits per heavy atom. The largest absolute Gasteiger partial charge is 0.357 e. The molecule has 2 saturated heterocycles. The van der Waals surface area contributed by atoms with Crippen molar-refractivity contribution in [3.63, 3.8) is 0 Å². The van der Waals surface area contributed by atoms with Crippen molar-refractivity contribution in [1.29, 1.82) is 0 Å². The molecule has 6 heteroatoms. The molecule has 0 bridgehead atoms. The van der Waals surface area contributed by atoms with Crippen LogP contribution in [0.25, 0.3) is 0 Å². The van der Waals surface area contributed by atoms with E-state index in [4.69, 9.17) is 4.99 Å². The number of benzene rings is 1. The van der Waals surface area contributed by atoms with Crippen LogP contribution >= 0.6 is 0 Å². The molecule has 6 nitrogen and oxygen atoms in total. The van der Waals surface area contributed by atoms with Crippen molar-refractivity contribution < 1.29 is 0 Å². The summed E-state index contributed by atoms with van der Waals surface area (Å²) in [5.41, 5.74) is 2.74. The van der Waals surface area contributed by atoms with E-state index in [1.54, 1.807) is 0 Å². The van der Waals surface area contributed by atoms with Crippen LogP contribution in [0, 0.1) is 0 Å². The maximum absolute atomic E-state index is 5.07. The highest BCUT2D eigenvalue weighted by Crippen LogP contribution is 2.27. The van der Waals surface area contributed by atoms with Crippen LogP contribution in [-0.4, -0.2) is 64.3 Å². The zero-order chi connectivity index (χ0) is 20.1. The Hall–Kier alpha value is -2.34. The average molecular weight is 395 g/mol. The number of nitrogens with zero attached hydrogens (tertiary/aromatic N) is 5. The molecule has 2 aliphatic rings. The lowest BCUT2D eigenvalue weighted by molar-refractivity contribution is 0.250. The normalized spacial score (nSPS) is 23.1. The molecule has 4 rings (SSSR count). The van der Waals surface area contributed by atoms with Gasteiger partial charge in [-0.3, -0.25) is 14.6 Å². The van der Waals surface area contributed by atoms with Gasteiger partial charge < -0.3 is 10.2 Å². The van der Waals surface area contributed by atoms with Gasteiger partial charge in [0.1, 0.15) is 0 Å². The fourth-order valence-electron chi connectivity index (χ4n) is 4.62. The smallest absolute Gasteiger partial charge is 0.193 e. The van der Waals surface area contributed by atoms with Crippen molar-refractivity contribution in [1.82, 2.24) is 24.9 Å². The number of hydrogen-bond acceptors (Lipinski definition) is 3. The number of guanidine groups is 1. The van der Waals surface area contributed by atoms with E-state index in [9.17, 15) is 0 Å². The Balaban J connectivity index is 1.38. The Kier molecular flexibility index (Phi) is 6.49. The predicted octanol–water partition coefficient (Wildman–Crippen LogP) is 2.84. The summed E-state index contributed by atoms with van der Waals surface area (Å²) >= 11 is 0. The summed E-state index contributed by atoms with van der Waals surface area (Å²) in [6.45, 7) is 8.23. The lowest BCUT2D eigenvalue weighted by Gasteiger charge is -2.25. The Morgan fingerprint density at radius 1 is 1.21 bits per heavy atom. The first-order valence-electron chi connectivity index (χ1n) is 11.0. The van der Waals surface area contributed by atoms with Crippen molar-refractivity contribution in [2.24, 2.45) is 12.0 Å². The Labute approximate surface area is 174 Å². The van der Waals surface area contributed by atoms with Crippen molar-refractivity contribution >= 4 is 5.96 Å². The minimum Gasteiger partial charge on any atom is -0.357 e. The van der Waals surface area contributed by atoms with Crippen molar-refractivity contribution in [3.8, 4) is 0 Å². The van der Waals surface area contributed by atoms with Gasteiger partial charge in [0, 0.05) is 51.4 Å². The van der Waals surface area contributed by atoms with Crippen molar-refractivity contribution in [2.75, 3.05) is 32.7 Å². The van der Waals surface area contributed by atoms with Gasteiger partial charge in [-0.2, -0.15) is 5.10 Å². The summed E-state index contributed by atoms with van der Waals surface area (Å²) in [6, 6.07) is 11.4. The van der Waals surface area contributed by atoms with E-state index in [1.165, 1.54) is 36.9 Å². The second-order valence-electron chi connectivity index (χ2n) is 8.33.